The lowest BCUT2D eigenvalue weighted by molar-refractivity contribution is -0.385. The molecule has 0 unspecified atom stereocenters. The molecule has 0 radical (unpaired) electrons. The first kappa shape index (κ1) is 14.4. The lowest BCUT2D eigenvalue weighted by Gasteiger charge is -2.09. The molecule has 0 bridgehead atoms. The highest BCUT2D eigenvalue weighted by Gasteiger charge is 2.22. The monoisotopic (exact) mass is 295 g/mol. The number of halogens is 2. The van der Waals surface area contributed by atoms with Crippen molar-refractivity contribution in [3.05, 3.63) is 63.7 Å². The molecule has 1 N–H and O–H groups in total. The molecule has 0 aliphatic rings. The zero-order chi connectivity index (χ0) is 15.6. The predicted molar refractivity (Wildman–Crippen MR) is 66.5 cm³/mol. The van der Waals surface area contributed by atoms with Crippen LogP contribution >= 0.6 is 0 Å². The van der Waals surface area contributed by atoms with E-state index >= 15 is 0 Å². The van der Waals surface area contributed by atoms with E-state index in [-0.39, 0.29) is 0 Å². The lowest BCUT2D eigenvalue weighted by atomic mass is 10.2. The zero-order valence-electron chi connectivity index (χ0n) is 10.2. The fraction of sp³-hybridized carbons (Fsp3) is 0. The summed E-state index contributed by atoms with van der Waals surface area (Å²) in [5, 5.41) is 19.8. The second-order valence-corrected chi connectivity index (χ2v) is 3.89. The standard InChI is InChI=1S/C13H7F2NO5/c14-7-4-5-10(9(6-7)16(19)20)21-11-3-1-2-8(15)12(11)13(17)18/h1-6H,(H,17,18). The van der Waals surface area contributed by atoms with Crippen molar-refractivity contribution in [1.82, 2.24) is 0 Å². The Kier molecular flexibility index (Phi) is 3.79. The Labute approximate surface area is 116 Å². The highest BCUT2D eigenvalue weighted by Crippen LogP contribution is 2.34. The number of carboxylic acids is 1. The van der Waals surface area contributed by atoms with Crippen LogP contribution in [-0.2, 0) is 0 Å². The Morgan fingerprint density at radius 1 is 1.19 bits per heavy atom. The summed E-state index contributed by atoms with van der Waals surface area (Å²) in [6.07, 6.45) is 0. The van der Waals surface area contributed by atoms with Crippen molar-refractivity contribution in [1.29, 1.82) is 0 Å². The topological polar surface area (TPSA) is 89.7 Å². The van der Waals surface area contributed by atoms with E-state index in [9.17, 15) is 23.7 Å². The summed E-state index contributed by atoms with van der Waals surface area (Å²) in [7, 11) is 0. The van der Waals surface area contributed by atoms with E-state index in [0.717, 1.165) is 24.3 Å². The van der Waals surface area contributed by atoms with E-state index in [0.29, 0.717) is 6.07 Å². The number of benzene rings is 2. The first-order valence-corrected chi connectivity index (χ1v) is 5.53. The van der Waals surface area contributed by atoms with Crippen molar-refractivity contribution in [3.63, 3.8) is 0 Å². The van der Waals surface area contributed by atoms with E-state index in [1.807, 2.05) is 0 Å². The first-order chi connectivity index (χ1) is 9.90. The highest BCUT2D eigenvalue weighted by atomic mass is 19.1. The molecule has 8 heteroatoms. The molecule has 0 amide bonds. The van der Waals surface area contributed by atoms with E-state index in [2.05, 4.69) is 0 Å². The Morgan fingerprint density at radius 3 is 2.52 bits per heavy atom. The Hall–Kier alpha value is -3.03. The fourth-order valence-corrected chi connectivity index (χ4v) is 1.63. The molecule has 0 spiro atoms. The summed E-state index contributed by atoms with van der Waals surface area (Å²) in [6, 6.07) is 5.72. The van der Waals surface area contributed by atoms with Crippen LogP contribution in [0.25, 0.3) is 0 Å². The van der Waals surface area contributed by atoms with Crippen molar-refractivity contribution in [3.8, 4) is 11.5 Å². The summed E-state index contributed by atoms with van der Waals surface area (Å²) in [5.41, 5.74) is -1.47. The number of ether oxygens (including phenoxy) is 1. The smallest absolute Gasteiger partial charge is 0.342 e. The molecule has 21 heavy (non-hydrogen) atoms. The van der Waals surface area contributed by atoms with Gasteiger partial charge in [0.05, 0.1) is 11.0 Å². The van der Waals surface area contributed by atoms with Crippen molar-refractivity contribution >= 4 is 11.7 Å². The van der Waals surface area contributed by atoms with Crippen LogP contribution in [-0.4, -0.2) is 16.0 Å². The molecule has 0 fully saturated rings. The van der Waals surface area contributed by atoms with Crippen LogP contribution < -0.4 is 4.74 Å². The average molecular weight is 295 g/mol. The van der Waals surface area contributed by atoms with E-state index < -0.39 is 45.3 Å². The molecular formula is C13H7F2NO5. The second-order valence-electron chi connectivity index (χ2n) is 3.89. The van der Waals surface area contributed by atoms with Crippen LogP contribution in [0.1, 0.15) is 10.4 Å². The lowest BCUT2D eigenvalue weighted by Crippen LogP contribution is -2.04. The number of nitro groups is 1. The zero-order valence-corrected chi connectivity index (χ0v) is 10.2. The first-order valence-electron chi connectivity index (χ1n) is 5.53. The molecule has 0 saturated heterocycles. The Bertz CT molecular complexity index is 732. The third-order valence-electron chi connectivity index (χ3n) is 2.53. The number of nitro benzene ring substituents is 1. The van der Waals surface area contributed by atoms with Crippen molar-refractivity contribution in [2.45, 2.75) is 0 Å². The van der Waals surface area contributed by atoms with Gasteiger partial charge in [-0.25, -0.2) is 13.6 Å². The Balaban J connectivity index is 2.51. The number of rotatable bonds is 4. The van der Waals surface area contributed by atoms with E-state index in [4.69, 9.17) is 9.84 Å². The van der Waals surface area contributed by atoms with Crippen LogP contribution in [0.15, 0.2) is 36.4 Å². The number of carboxylic acid groups (broad SMARTS) is 1. The second kappa shape index (κ2) is 5.53. The Morgan fingerprint density at radius 2 is 1.90 bits per heavy atom. The SMILES string of the molecule is O=C(O)c1c(F)cccc1Oc1ccc(F)cc1[N+](=O)[O-]. The maximum absolute atomic E-state index is 13.5. The maximum atomic E-state index is 13.5. The van der Waals surface area contributed by atoms with E-state index in [1.54, 1.807) is 0 Å². The summed E-state index contributed by atoms with van der Waals surface area (Å²) >= 11 is 0. The van der Waals surface area contributed by atoms with Crippen LogP contribution in [0.3, 0.4) is 0 Å². The number of hydrogen-bond donors (Lipinski definition) is 1. The predicted octanol–water partition coefficient (Wildman–Crippen LogP) is 3.36. The minimum Gasteiger partial charge on any atom is -0.477 e. The molecule has 0 aromatic heterocycles. The van der Waals surface area contributed by atoms with Gasteiger partial charge >= 0.3 is 11.7 Å². The van der Waals surface area contributed by atoms with Gasteiger partial charge in [0.15, 0.2) is 0 Å². The minimum atomic E-state index is -1.59. The molecule has 0 atom stereocenters. The van der Waals surface area contributed by atoms with Crippen LogP contribution in [0.5, 0.6) is 11.5 Å². The van der Waals surface area contributed by atoms with Gasteiger partial charge in [-0.05, 0) is 24.3 Å². The van der Waals surface area contributed by atoms with Gasteiger partial charge in [0.25, 0.3) is 0 Å². The molecule has 0 saturated carbocycles. The van der Waals surface area contributed by atoms with Gasteiger partial charge < -0.3 is 9.84 Å². The third-order valence-corrected chi connectivity index (χ3v) is 2.53. The van der Waals surface area contributed by atoms with Crippen molar-refractivity contribution in [2.75, 3.05) is 0 Å². The highest BCUT2D eigenvalue weighted by molar-refractivity contribution is 5.91. The molecule has 108 valence electrons. The van der Waals surface area contributed by atoms with Gasteiger partial charge in [-0.1, -0.05) is 6.07 Å². The molecule has 2 aromatic carbocycles. The fourth-order valence-electron chi connectivity index (χ4n) is 1.63. The molecule has 2 aromatic rings. The van der Waals surface area contributed by atoms with Crippen LogP contribution in [0.2, 0.25) is 0 Å². The number of aromatic carboxylic acids is 1. The quantitative estimate of drug-likeness (QED) is 0.690. The average Bonchev–Trinajstić information content (AvgIpc) is 2.40. The van der Waals surface area contributed by atoms with Gasteiger partial charge in [-0.3, -0.25) is 10.1 Å². The van der Waals surface area contributed by atoms with Crippen molar-refractivity contribution < 1.29 is 28.3 Å². The number of hydrogen-bond acceptors (Lipinski definition) is 4. The van der Waals surface area contributed by atoms with Crippen LogP contribution in [0, 0.1) is 21.7 Å². The maximum Gasteiger partial charge on any atom is 0.342 e. The van der Waals surface area contributed by atoms with Gasteiger partial charge in [-0.2, -0.15) is 0 Å². The van der Waals surface area contributed by atoms with E-state index in [1.165, 1.54) is 6.07 Å². The van der Waals surface area contributed by atoms with Gasteiger partial charge in [0.2, 0.25) is 5.75 Å². The summed E-state index contributed by atoms with van der Waals surface area (Å²) in [4.78, 5) is 20.9. The molecule has 0 heterocycles. The van der Waals surface area contributed by atoms with Crippen molar-refractivity contribution in [2.24, 2.45) is 0 Å². The van der Waals surface area contributed by atoms with Gasteiger partial charge in [0, 0.05) is 0 Å². The molecular weight excluding hydrogens is 288 g/mol. The van der Waals surface area contributed by atoms with Gasteiger partial charge in [0.1, 0.15) is 22.9 Å². The third kappa shape index (κ3) is 2.94. The van der Waals surface area contributed by atoms with Gasteiger partial charge in [-0.15, -0.1) is 0 Å². The molecule has 0 aliphatic carbocycles. The number of nitrogens with zero attached hydrogens (tertiary/aromatic N) is 1. The van der Waals surface area contributed by atoms with Crippen LogP contribution in [0.4, 0.5) is 14.5 Å². The summed E-state index contributed by atoms with van der Waals surface area (Å²) in [5.74, 6) is -4.31. The summed E-state index contributed by atoms with van der Waals surface area (Å²) in [6.45, 7) is 0. The number of carbonyl (C=O) groups is 1. The normalized spacial score (nSPS) is 10.2. The minimum absolute atomic E-state index is 0.394. The molecule has 6 nitrogen and oxygen atoms in total. The summed E-state index contributed by atoms with van der Waals surface area (Å²) < 4.78 is 31.5. The molecule has 2 rings (SSSR count). The largest absolute Gasteiger partial charge is 0.477 e. The molecule has 0 aliphatic heterocycles.